The first kappa shape index (κ1) is 11.9. The van der Waals surface area contributed by atoms with Crippen LogP contribution < -0.4 is 5.11 Å². The molecule has 2 saturated carbocycles. The van der Waals surface area contributed by atoms with Crippen LogP contribution in [0.3, 0.4) is 0 Å². The molecule has 2 unspecified atom stereocenters. The SMILES string of the molecule is O=C([O-])CC1CC1CCCC1CCCCC1. The molecule has 0 N–H and O–H groups in total. The van der Waals surface area contributed by atoms with Gasteiger partial charge in [0.05, 0.1) is 0 Å². The Morgan fingerprint density at radius 2 is 1.81 bits per heavy atom. The summed E-state index contributed by atoms with van der Waals surface area (Å²) in [6, 6.07) is 0. The molecule has 92 valence electrons. The van der Waals surface area contributed by atoms with Crippen LogP contribution in [0, 0.1) is 17.8 Å². The Balaban J connectivity index is 1.51. The van der Waals surface area contributed by atoms with Crippen molar-refractivity contribution in [3.8, 4) is 0 Å². The Morgan fingerprint density at radius 1 is 1.06 bits per heavy atom. The highest BCUT2D eigenvalue weighted by Crippen LogP contribution is 2.45. The number of rotatable bonds is 6. The first-order chi connectivity index (χ1) is 7.75. The van der Waals surface area contributed by atoms with Gasteiger partial charge in [0.25, 0.3) is 0 Å². The van der Waals surface area contributed by atoms with Gasteiger partial charge in [-0.1, -0.05) is 51.4 Å². The summed E-state index contributed by atoms with van der Waals surface area (Å²) >= 11 is 0. The van der Waals surface area contributed by atoms with Crippen LogP contribution in [-0.4, -0.2) is 5.97 Å². The third kappa shape index (κ3) is 3.80. The summed E-state index contributed by atoms with van der Waals surface area (Å²) in [5.74, 6) is 1.28. The van der Waals surface area contributed by atoms with Gasteiger partial charge in [0.2, 0.25) is 0 Å². The van der Waals surface area contributed by atoms with Gasteiger partial charge in [-0.15, -0.1) is 0 Å². The lowest BCUT2D eigenvalue weighted by atomic mass is 9.85. The quantitative estimate of drug-likeness (QED) is 0.694. The molecule has 0 saturated heterocycles. The first-order valence-electron chi connectivity index (χ1n) is 6.95. The molecular weight excluding hydrogens is 200 g/mol. The first-order valence-corrected chi connectivity index (χ1v) is 6.95. The maximum Gasteiger partial charge on any atom is 0.0417 e. The fourth-order valence-electron chi connectivity index (χ4n) is 3.27. The number of carboxylic acids is 1. The van der Waals surface area contributed by atoms with Gasteiger partial charge >= 0.3 is 0 Å². The molecule has 0 amide bonds. The van der Waals surface area contributed by atoms with Crippen molar-refractivity contribution in [3.63, 3.8) is 0 Å². The molecule has 0 aliphatic heterocycles. The maximum absolute atomic E-state index is 10.4. The van der Waals surface area contributed by atoms with E-state index in [1.807, 2.05) is 0 Å². The van der Waals surface area contributed by atoms with E-state index in [9.17, 15) is 9.90 Å². The van der Waals surface area contributed by atoms with Gasteiger partial charge in [-0.25, -0.2) is 0 Å². The molecule has 2 rings (SSSR count). The monoisotopic (exact) mass is 223 g/mol. The molecule has 0 bridgehead atoms. The summed E-state index contributed by atoms with van der Waals surface area (Å²) in [5, 5.41) is 10.4. The van der Waals surface area contributed by atoms with Crippen LogP contribution in [0.4, 0.5) is 0 Å². The Hall–Kier alpha value is -0.530. The number of carbonyl (C=O) groups is 1. The zero-order chi connectivity index (χ0) is 11.4. The molecule has 2 aliphatic rings. The van der Waals surface area contributed by atoms with Gasteiger partial charge in [-0.05, 0) is 30.6 Å². The van der Waals surface area contributed by atoms with Crippen molar-refractivity contribution in [3.05, 3.63) is 0 Å². The maximum atomic E-state index is 10.4. The van der Waals surface area contributed by atoms with Gasteiger partial charge < -0.3 is 9.90 Å². The van der Waals surface area contributed by atoms with Crippen LogP contribution in [0.15, 0.2) is 0 Å². The highest BCUT2D eigenvalue weighted by Gasteiger charge is 2.35. The van der Waals surface area contributed by atoms with Crippen molar-refractivity contribution in [2.75, 3.05) is 0 Å². The molecule has 0 radical (unpaired) electrons. The third-order valence-corrected chi connectivity index (χ3v) is 4.41. The zero-order valence-electron chi connectivity index (χ0n) is 10.1. The van der Waals surface area contributed by atoms with Gasteiger partial charge in [0, 0.05) is 5.97 Å². The van der Waals surface area contributed by atoms with Crippen molar-refractivity contribution in [1.29, 1.82) is 0 Å². The lowest BCUT2D eigenvalue weighted by Gasteiger charge is -2.21. The second-order valence-electron chi connectivity index (χ2n) is 5.77. The normalized spacial score (nSPS) is 30.2. The van der Waals surface area contributed by atoms with E-state index in [0.29, 0.717) is 18.3 Å². The van der Waals surface area contributed by atoms with Crippen LogP contribution in [0.5, 0.6) is 0 Å². The summed E-state index contributed by atoms with van der Waals surface area (Å²) in [6.07, 6.45) is 12.6. The minimum Gasteiger partial charge on any atom is -0.550 e. The molecule has 2 fully saturated rings. The lowest BCUT2D eigenvalue weighted by Crippen LogP contribution is -2.22. The molecule has 0 aromatic carbocycles. The summed E-state index contributed by atoms with van der Waals surface area (Å²) in [7, 11) is 0. The Bertz CT molecular complexity index is 231. The van der Waals surface area contributed by atoms with Crippen LogP contribution in [0.1, 0.15) is 64.2 Å². The topological polar surface area (TPSA) is 40.1 Å². The second-order valence-corrected chi connectivity index (χ2v) is 5.77. The Labute approximate surface area is 98.4 Å². The van der Waals surface area contributed by atoms with E-state index < -0.39 is 5.97 Å². The molecule has 2 heteroatoms. The van der Waals surface area contributed by atoms with E-state index in [4.69, 9.17) is 0 Å². The average molecular weight is 223 g/mol. The van der Waals surface area contributed by atoms with Crippen molar-refractivity contribution in [2.24, 2.45) is 17.8 Å². The Morgan fingerprint density at radius 3 is 2.50 bits per heavy atom. The number of carbonyl (C=O) groups excluding carboxylic acids is 1. The fourth-order valence-corrected chi connectivity index (χ4v) is 3.27. The van der Waals surface area contributed by atoms with Gasteiger partial charge in [-0.3, -0.25) is 0 Å². The van der Waals surface area contributed by atoms with Crippen LogP contribution in [0.2, 0.25) is 0 Å². The zero-order valence-corrected chi connectivity index (χ0v) is 10.1. The number of hydrogen-bond acceptors (Lipinski definition) is 2. The summed E-state index contributed by atoms with van der Waals surface area (Å²) < 4.78 is 0. The Kier molecular flexibility index (Phi) is 4.25. The van der Waals surface area contributed by atoms with Crippen molar-refractivity contribution >= 4 is 5.97 Å². The molecule has 0 aromatic rings. The van der Waals surface area contributed by atoms with Gasteiger partial charge in [0.15, 0.2) is 0 Å². The molecule has 0 aromatic heterocycles. The molecule has 2 nitrogen and oxygen atoms in total. The summed E-state index contributed by atoms with van der Waals surface area (Å²) in [5.41, 5.74) is 0. The highest BCUT2D eigenvalue weighted by molar-refractivity contribution is 5.65. The minimum atomic E-state index is -0.861. The van der Waals surface area contributed by atoms with Crippen molar-refractivity contribution in [1.82, 2.24) is 0 Å². The molecule has 2 atom stereocenters. The van der Waals surface area contributed by atoms with E-state index in [0.717, 1.165) is 12.3 Å². The van der Waals surface area contributed by atoms with Crippen molar-refractivity contribution in [2.45, 2.75) is 64.2 Å². The largest absolute Gasteiger partial charge is 0.550 e. The number of carboxylic acid groups (broad SMARTS) is 1. The molecule has 0 spiro atoms. The lowest BCUT2D eigenvalue weighted by molar-refractivity contribution is -0.306. The van der Waals surface area contributed by atoms with E-state index >= 15 is 0 Å². The highest BCUT2D eigenvalue weighted by atomic mass is 16.4. The molecule has 0 heterocycles. The predicted molar refractivity (Wildman–Crippen MR) is 61.6 cm³/mol. The summed E-state index contributed by atoms with van der Waals surface area (Å²) in [6.45, 7) is 0. The molecule has 2 aliphatic carbocycles. The van der Waals surface area contributed by atoms with E-state index in [1.165, 1.54) is 51.4 Å². The predicted octanol–water partition coefficient (Wildman–Crippen LogP) is 2.51. The van der Waals surface area contributed by atoms with Crippen LogP contribution in [-0.2, 0) is 4.79 Å². The standard InChI is InChI=1S/C14H24O2/c15-14(16)10-13-9-12(13)8-4-7-11-5-2-1-3-6-11/h11-13H,1-10H2,(H,15,16)/p-1. The average Bonchev–Trinajstić information content (AvgIpc) is 2.97. The van der Waals surface area contributed by atoms with Gasteiger partial charge in [-0.2, -0.15) is 0 Å². The third-order valence-electron chi connectivity index (χ3n) is 4.41. The van der Waals surface area contributed by atoms with Crippen molar-refractivity contribution < 1.29 is 9.90 Å². The van der Waals surface area contributed by atoms with Crippen LogP contribution >= 0.6 is 0 Å². The van der Waals surface area contributed by atoms with Crippen LogP contribution in [0.25, 0.3) is 0 Å². The molecule has 16 heavy (non-hydrogen) atoms. The number of aliphatic carboxylic acids is 1. The number of hydrogen-bond donors (Lipinski definition) is 0. The minimum absolute atomic E-state index is 0.300. The smallest absolute Gasteiger partial charge is 0.0417 e. The van der Waals surface area contributed by atoms with E-state index in [2.05, 4.69) is 0 Å². The van der Waals surface area contributed by atoms with Gasteiger partial charge in [0.1, 0.15) is 0 Å². The van der Waals surface area contributed by atoms with E-state index in [1.54, 1.807) is 0 Å². The second kappa shape index (κ2) is 5.70. The fraction of sp³-hybridized carbons (Fsp3) is 0.929. The molecular formula is C14H23O2-. The van der Waals surface area contributed by atoms with E-state index in [-0.39, 0.29) is 0 Å². The summed E-state index contributed by atoms with van der Waals surface area (Å²) in [4.78, 5) is 10.4.